The van der Waals surface area contributed by atoms with Crippen molar-refractivity contribution in [1.29, 1.82) is 0 Å². The molecule has 1 saturated heterocycles. The molecule has 1 N–H and O–H groups in total. The Bertz CT molecular complexity index is 964. The van der Waals surface area contributed by atoms with Crippen LogP contribution >= 0.6 is 0 Å². The minimum Gasteiger partial charge on any atom is -0.373 e. The number of allylic oxidation sites excluding steroid dienone is 1. The van der Waals surface area contributed by atoms with E-state index in [4.69, 9.17) is 4.74 Å². The van der Waals surface area contributed by atoms with E-state index >= 15 is 0 Å². The molecule has 4 heterocycles. The third kappa shape index (κ3) is 4.20. The number of hydrogen-bond donors (Lipinski definition) is 1. The van der Waals surface area contributed by atoms with Crippen LogP contribution in [0.5, 0.6) is 0 Å². The van der Waals surface area contributed by atoms with Crippen molar-refractivity contribution in [3.63, 3.8) is 0 Å². The summed E-state index contributed by atoms with van der Waals surface area (Å²) in [5, 5.41) is 12.2. The average molecular weight is 409 g/mol. The van der Waals surface area contributed by atoms with Gasteiger partial charge in [0.15, 0.2) is 11.6 Å². The third-order valence-electron chi connectivity index (χ3n) is 5.54. The highest BCUT2D eigenvalue weighted by molar-refractivity contribution is 5.87. The zero-order valence-electron chi connectivity index (χ0n) is 17.3. The van der Waals surface area contributed by atoms with Crippen molar-refractivity contribution in [2.75, 3.05) is 25.0 Å². The summed E-state index contributed by atoms with van der Waals surface area (Å²) in [6.07, 6.45) is 6.81. The van der Waals surface area contributed by atoms with Crippen molar-refractivity contribution < 1.29 is 9.53 Å². The van der Waals surface area contributed by atoms with Gasteiger partial charge in [0.05, 0.1) is 31.1 Å². The van der Waals surface area contributed by atoms with Crippen LogP contribution in [-0.2, 0) is 29.7 Å². The quantitative estimate of drug-likeness (QED) is 0.580. The zero-order valence-corrected chi connectivity index (χ0v) is 17.3. The van der Waals surface area contributed by atoms with Gasteiger partial charge < -0.3 is 15.0 Å². The fraction of sp³-hybridized carbons (Fsp3) is 0.429. The highest BCUT2D eigenvalue weighted by Crippen LogP contribution is 2.27. The lowest BCUT2D eigenvalue weighted by Gasteiger charge is -2.32. The number of hydrogen-bond acceptors (Lipinski definition) is 6. The maximum atomic E-state index is 12.0. The van der Waals surface area contributed by atoms with E-state index in [1.165, 1.54) is 12.4 Å². The average Bonchev–Trinajstić information content (AvgIpc) is 3.38. The predicted octanol–water partition coefficient (Wildman–Crippen LogP) is 1.98. The minimum absolute atomic E-state index is 0.0334. The summed E-state index contributed by atoms with van der Waals surface area (Å²) < 4.78 is 9.17. The van der Waals surface area contributed by atoms with Crippen LogP contribution < -0.4 is 5.32 Å². The van der Waals surface area contributed by atoms with Gasteiger partial charge in [-0.15, -0.1) is 0 Å². The topological polar surface area (TPSA) is 90.1 Å². The molecule has 1 amide bonds. The molecule has 0 unspecified atom stereocenters. The normalized spacial score (nSPS) is 19.3. The number of anilines is 1. The number of nitrogens with zero attached hydrogens (tertiary/aromatic N) is 6. The number of rotatable bonds is 6. The Morgan fingerprint density at radius 3 is 3.00 bits per heavy atom. The molecule has 0 aromatic carbocycles. The van der Waals surface area contributed by atoms with E-state index in [1.807, 2.05) is 28.8 Å². The van der Waals surface area contributed by atoms with Crippen LogP contribution in [0, 0.1) is 5.92 Å². The third-order valence-corrected chi connectivity index (χ3v) is 5.54. The first-order chi connectivity index (χ1) is 14.5. The van der Waals surface area contributed by atoms with Crippen molar-refractivity contribution in [3.8, 4) is 0 Å². The second kappa shape index (κ2) is 8.66. The van der Waals surface area contributed by atoms with Gasteiger partial charge in [-0.3, -0.25) is 9.48 Å². The Kier molecular flexibility index (Phi) is 5.80. The standard InChI is InChI=1S/C21H27N7O2/c1-4-20(29)27-7-5-6-16(12-27)15(2)10-18(21-22-14-23-26(21)3)24-19-11-17-13-30-9-8-28(17)25-19/h4,10-11,14,16H,1-2,5-9,12-13H2,3H3,(H,24,25)/b18-10+/t16-/m0/s1. The van der Waals surface area contributed by atoms with Crippen molar-refractivity contribution in [2.24, 2.45) is 13.0 Å². The Balaban J connectivity index is 1.58. The van der Waals surface area contributed by atoms with E-state index in [9.17, 15) is 4.79 Å². The maximum absolute atomic E-state index is 12.0. The van der Waals surface area contributed by atoms with Crippen LogP contribution in [0.2, 0.25) is 0 Å². The number of likely N-dealkylation sites (tertiary alicyclic amines) is 1. The van der Waals surface area contributed by atoms with Crippen molar-refractivity contribution >= 4 is 17.4 Å². The van der Waals surface area contributed by atoms with Crippen LogP contribution in [-0.4, -0.2) is 55.0 Å². The fourth-order valence-electron chi connectivity index (χ4n) is 3.90. The molecule has 9 nitrogen and oxygen atoms in total. The number of nitrogens with one attached hydrogen (secondary N) is 1. The molecule has 2 aromatic rings. The van der Waals surface area contributed by atoms with Crippen molar-refractivity contribution in [1.82, 2.24) is 29.4 Å². The molecule has 2 aliphatic rings. The van der Waals surface area contributed by atoms with Crippen LogP contribution in [0.4, 0.5) is 5.82 Å². The number of piperidine rings is 1. The predicted molar refractivity (Wildman–Crippen MR) is 113 cm³/mol. The summed E-state index contributed by atoms with van der Waals surface area (Å²) >= 11 is 0. The van der Waals surface area contributed by atoms with E-state index in [2.05, 4.69) is 33.7 Å². The second-order valence-corrected chi connectivity index (χ2v) is 7.59. The summed E-state index contributed by atoms with van der Waals surface area (Å²) in [5.74, 6) is 1.56. The van der Waals surface area contributed by atoms with Gasteiger partial charge in [0, 0.05) is 32.1 Å². The van der Waals surface area contributed by atoms with Crippen LogP contribution in [0.15, 0.2) is 43.3 Å². The van der Waals surface area contributed by atoms with E-state index in [-0.39, 0.29) is 11.8 Å². The first-order valence-corrected chi connectivity index (χ1v) is 10.1. The van der Waals surface area contributed by atoms with Crippen molar-refractivity contribution in [3.05, 3.63) is 54.8 Å². The first kappa shape index (κ1) is 20.1. The number of carbonyl (C=O) groups excluding carboxylic acids is 1. The summed E-state index contributed by atoms with van der Waals surface area (Å²) in [4.78, 5) is 18.3. The van der Waals surface area contributed by atoms with Gasteiger partial charge in [-0.25, -0.2) is 9.67 Å². The molecule has 0 bridgehead atoms. The number of carbonyl (C=O) groups is 1. The lowest BCUT2D eigenvalue weighted by Crippen LogP contribution is -2.39. The van der Waals surface area contributed by atoms with Crippen LogP contribution in [0.1, 0.15) is 24.4 Å². The highest BCUT2D eigenvalue weighted by Gasteiger charge is 2.24. The summed E-state index contributed by atoms with van der Waals surface area (Å²) in [7, 11) is 1.84. The molecule has 9 heteroatoms. The molecule has 1 fully saturated rings. The molecule has 30 heavy (non-hydrogen) atoms. The first-order valence-electron chi connectivity index (χ1n) is 10.1. The largest absolute Gasteiger partial charge is 0.373 e. The van der Waals surface area contributed by atoms with Gasteiger partial charge >= 0.3 is 0 Å². The SMILES string of the molecule is C=CC(=O)N1CCC[C@H](C(=C)/C=C(/Nc2cc3n(n2)CCOC3)c2ncnn2C)C1. The number of aryl methyl sites for hydroxylation is 1. The van der Waals surface area contributed by atoms with Gasteiger partial charge in [-0.05, 0) is 30.6 Å². The van der Waals surface area contributed by atoms with Crippen LogP contribution in [0.25, 0.3) is 5.70 Å². The van der Waals surface area contributed by atoms with Gasteiger partial charge in [-0.2, -0.15) is 10.2 Å². The lowest BCUT2D eigenvalue weighted by molar-refractivity contribution is -0.127. The molecule has 2 aromatic heterocycles. The van der Waals surface area contributed by atoms with E-state index in [0.29, 0.717) is 25.6 Å². The summed E-state index contributed by atoms with van der Waals surface area (Å²) in [6, 6.07) is 1.98. The zero-order chi connectivity index (χ0) is 21.1. The summed E-state index contributed by atoms with van der Waals surface area (Å²) in [5.41, 5.74) is 2.74. The van der Waals surface area contributed by atoms with E-state index in [1.54, 1.807) is 4.68 Å². The molecule has 4 rings (SSSR count). The van der Waals surface area contributed by atoms with Crippen LogP contribution in [0.3, 0.4) is 0 Å². The van der Waals surface area contributed by atoms with Gasteiger partial charge in [0.2, 0.25) is 5.91 Å². The number of fused-ring (bicyclic) bond motifs is 1. The number of aromatic nitrogens is 5. The van der Waals surface area contributed by atoms with E-state index in [0.717, 1.165) is 48.7 Å². The Labute approximate surface area is 175 Å². The number of amides is 1. The van der Waals surface area contributed by atoms with Crippen molar-refractivity contribution in [2.45, 2.75) is 26.0 Å². The van der Waals surface area contributed by atoms with Gasteiger partial charge in [0.25, 0.3) is 0 Å². The van der Waals surface area contributed by atoms with Gasteiger partial charge in [0.1, 0.15) is 6.33 Å². The second-order valence-electron chi connectivity index (χ2n) is 7.59. The molecular formula is C21H27N7O2. The molecule has 0 spiro atoms. The Hall–Kier alpha value is -3.20. The molecule has 0 aliphatic carbocycles. The molecule has 0 radical (unpaired) electrons. The Morgan fingerprint density at radius 1 is 1.40 bits per heavy atom. The number of ether oxygens (including phenoxy) is 1. The monoisotopic (exact) mass is 409 g/mol. The summed E-state index contributed by atoms with van der Waals surface area (Å²) in [6.45, 7) is 11.3. The maximum Gasteiger partial charge on any atom is 0.245 e. The van der Waals surface area contributed by atoms with Gasteiger partial charge in [-0.1, -0.05) is 13.2 Å². The molecule has 1 atom stereocenters. The lowest BCUT2D eigenvalue weighted by atomic mass is 9.90. The van der Waals surface area contributed by atoms with E-state index < -0.39 is 0 Å². The molecule has 158 valence electrons. The molecular weight excluding hydrogens is 382 g/mol. The minimum atomic E-state index is -0.0334. The molecule has 0 saturated carbocycles. The smallest absolute Gasteiger partial charge is 0.245 e. The molecule has 2 aliphatic heterocycles. The fourth-order valence-corrected chi connectivity index (χ4v) is 3.90. The Morgan fingerprint density at radius 2 is 2.27 bits per heavy atom. The highest BCUT2D eigenvalue weighted by atomic mass is 16.5.